The van der Waals surface area contributed by atoms with E-state index in [2.05, 4.69) is 6.92 Å². The predicted molar refractivity (Wildman–Crippen MR) is 104 cm³/mol. The van der Waals surface area contributed by atoms with E-state index in [1.165, 1.54) is 25.7 Å². The average molecular weight is 357 g/mol. The first kappa shape index (κ1) is 19.4. The van der Waals surface area contributed by atoms with E-state index in [1.54, 1.807) is 48.5 Å². The molecule has 25 heavy (non-hydrogen) atoms. The zero-order chi connectivity index (χ0) is 18.1. The zero-order valence-electron chi connectivity index (χ0n) is 14.8. The van der Waals surface area contributed by atoms with Gasteiger partial charge in [-0.05, 0) is 30.7 Å². The van der Waals surface area contributed by atoms with Crippen molar-refractivity contribution in [3.05, 3.63) is 70.2 Å². The highest BCUT2D eigenvalue weighted by Crippen LogP contribution is 2.16. The lowest BCUT2D eigenvalue weighted by Crippen LogP contribution is -2.03. The minimum atomic E-state index is -0.0633. The molecule has 0 fully saturated rings. The molecule has 0 bridgehead atoms. The third kappa shape index (κ3) is 6.13. The third-order valence-electron chi connectivity index (χ3n) is 4.33. The van der Waals surface area contributed by atoms with E-state index in [1.807, 2.05) is 0 Å². The maximum atomic E-state index is 12.4. The largest absolute Gasteiger partial charge is 0.294 e. The van der Waals surface area contributed by atoms with Gasteiger partial charge >= 0.3 is 0 Å². The molecule has 0 saturated heterocycles. The molecule has 0 aliphatic rings. The molecule has 2 aromatic carbocycles. The normalized spacial score (nSPS) is 10.6. The smallest absolute Gasteiger partial charge is 0.193 e. The number of hydrogen-bond donors (Lipinski definition) is 0. The van der Waals surface area contributed by atoms with Crippen LogP contribution < -0.4 is 0 Å². The molecule has 0 radical (unpaired) electrons. The van der Waals surface area contributed by atoms with Crippen molar-refractivity contribution in [3.8, 4) is 0 Å². The maximum Gasteiger partial charge on any atom is 0.193 e. The van der Waals surface area contributed by atoms with E-state index in [-0.39, 0.29) is 11.6 Å². The Morgan fingerprint density at radius 3 is 1.80 bits per heavy atom. The quantitative estimate of drug-likeness (QED) is 0.359. The second-order valence-electron chi connectivity index (χ2n) is 6.35. The van der Waals surface area contributed by atoms with Crippen molar-refractivity contribution in [2.45, 2.75) is 51.9 Å². The fourth-order valence-corrected chi connectivity index (χ4v) is 2.91. The summed E-state index contributed by atoms with van der Waals surface area (Å²) in [5.41, 5.74) is 1.86. The Morgan fingerprint density at radius 1 is 0.720 bits per heavy atom. The van der Waals surface area contributed by atoms with Gasteiger partial charge < -0.3 is 0 Å². The molecule has 0 unspecified atom stereocenters. The Hall–Kier alpha value is -1.93. The molecule has 0 saturated carbocycles. The van der Waals surface area contributed by atoms with Crippen molar-refractivity contribution in [2.75, 3.05) is 0 Å². The van der Waals surface area contributed by atoms with Crippen LogP contribution in [0.4, 0.5) is 0 Å². The van der Waals surface area contributed by atoms with Crippen LogP contribution in [-0.4, -0.2) is 11.6 Å². The van der Waals surface area contributed by atoms with Crippen LogP contribution in [0.15, 0.2) is 48.5 Å². The van der Waals surface area contributed by atoms with Crippen molar-refractivity contribution in [1.29, 1.82) is 0 Å². The van der Waals surface area contributed by atoms with Crippen LogP contribution >= 0.6 is 11.6 Å². The molecule has 2 nitrogen and oxygen atoms in total. The number of ketones is 2. The minimum Gasteiger partial charge on any atom is -0.294 e. The Balaban J connectivity index is 1.87. The number of halogens is 1. The van der Waals surface area contributed by atoms with Gasteiger partial charge in [0.25, 0.3) is 0 Å². The van der Waals surface area contributed by atoms with Gasteiger partial charge in [-0.3, -0.25) is 9.59 Å². The van der Waals surface area contributed by atoms with E-state index < -0.39 is 0 Å². The van der Waals surface area contributed by atoms with Crippen molar-refractivity contribution >= 4 is 23.2 Å². The number of unbranched alkanes of at least 4 members (excludes halogenated alkanes) is 5. The zero-order valence-corrected chi connectivity index (χ0v) is 15.5. The fraction of sp³-hybridized carbons (Fsp3) is 0.364. The molecule has 0 spiro atoms. The number of carbonyl (C=O) groups excluding carboxylic acids is 2. The average Bonchev–Trinajstić information content (AvgIpc) is 2.64. The van der Waals surface area contributed by atoms with Crippen molar-refractivity contribution in [3.63, 3.8) is 0 Å². The summed E-state index contributed by atoms with van der Waals surface area (Å²) in [7, 11) is 0. The summed E-state index contributed by atoms with van der Waals surface area (Å²) < 4.78 is 0. The highest BCUT2D eigenvalue weighted by Gasteiger charge is 2.11. The van der Waals surface area contributed by atoms with E-state index in [0.29, 0.717) is 28.1 Å². The van der Waals surface area contributed by atoms with Crippen LogP contribution in [0.5, 0.6) is 0 Å². The molecular formula is C22H25ClO2. The van der Waals surface area contributed by atoms with Crippen LogP contribution in [-0.2, 0) is 0 Å². The molecule has 0 N–H and O–H groups in total. The lowest BCUT2D eigenvalue weighted by atomic mass is 9.99. The Bertz CT molecular complexity index is 687. The van der Waals surface area contributed by atoms with Crippen molar-refractivity contribution in [1.82, 2.24) is 0 Å². The van der Waals surface area contributed by atoms with Crippen LogP contribution in [0.25, 0.3) is 0 Å². The van der Waals surface area contributed by atoms with Gasteiger partial charge in [0, 0.05) is 28.1 Å². The van der Waals surface area contributed by atoms with Crippen molar-refractivity contribution in [2.24, 2.45) is 0 Å². The van der Waals surface area contributed by atoms with Gasteiger partial charge in [0.15, 0.2) is 11.6 Å². The predicted octanol–water partition coefficient (Wildman–Crippen LogP) is 6.50. The Kier molecular flexibility index (Phi) is 7.87. The lowest BCUT2D eigenvalue weighted by molar-refractivity contribution is 0.0977. The molecule has 0 amide bonds. The molecule has 0 heterocycles. The first-order valence-corrected chi connectivity index (χ1v) is 9.43. The first-order valence-electron chi connectivity index (χ1n) is 9.05. The second kappa shape index (κ2) is 10.1. The summed E-state index contributed by atoms with van der Waals surface area (Å²) in [6.45, 7) is 2.20. The number of benzene rings is 2. The summed E-state index contributed by atoms with van der Waals surface area (Å²) >= 11 is 5.85. The summed E-state index contributed by atoms with van der Waals surface area (Å²) in [5.74, 6) is 0.0903. The number of rotatable bonds is 10. The van der Waals surface area contributed by atoms with Crippen LogP contribution in [0, 0.1) is 0 Å². The maximum absolute atomic E-state index is 12.4. The van der Waals surface area contributed by atoms with Crippen LogP contribution in [0.1, 0.15) is 78.1 Å². The molecule has 132 valence electrons. The summed E-state index contributed by atoms with van der Waals surface area (Å²) in [5, 5.41) is 0.604. The highest BCUT2D eigenvalue weighted by molar-refractivity contribution is 6.30. The van der Waals surface area contributed by atoms with Crippen LogP contribution in [0.3, 0.4) is 0 Å². The molecular weight excluding hydrogens is 332 g/mol. The van der Waals surface area contributed by atoms with E-state index in [0.717, 1.165) is 12.8 Å². The van der Waals surface area contributed by atoms with Gasteiger partial charge in [0.1, 0.15) is 0 Å². The van der Waals surface area contributed by atoms with E-state index in [4.69, 9.17) is 11.6 Å². The van der Waals surface area contributed by atoms with Crippen LogP contribution in [0.2, 0.25) is 5.02 Å². The summed E-state index contributed by atoms with van der Waals surface area (Å²) in [4.78, 5) is 24.6. The molecule has 3 heteroatoms. The standard InChI is InChI=1S/C22H25ClO2/c1-2-3-4-5-6-7-8-21(24)17-9-11-18(12-10-17)22(25)19-13-15-20(23)16-14-19/h9-16H,2-8H2,1H3. The lowest BCUT2D eigenvalue weighted by Gasteiger charge is -2.04. The summed E-state index contributed by atoms with van der Waals surface area (Å²) in [6, 6.07) is 13.8. The molecule has 0 aliphatic carbocycles. The fourth-order valence-electron chi connectivity index (χ4n) is 2.79. The molecule has 0 aromatic heterocycles. The van der Waals surface area contributed by atoms with E-state index >= 15 is 0 Å². The Morgan fingerprint density at radius 2 is 1.20 bits per heavy atom. The van der Waals surface area contributed by atoms with Gasteiger partial charge in [-0.25, -0.2) is 0 Å². The SMILES string of the molecule is CCCCCCCCC(=O)c1ccc(C(=O)c2ccc(Cl)cc2)cc1. The number of Topliss-reactive ketones (excluding diaryl/α,β-unsaturated/α-hetero) is 1. The third-order valence-corrected chi connectivity index (χ3v) is 4.58. The van der Waals surface area contributed by atoms with Crippen molar-refractivity contribution < 1.29 is 9.59 Å². The van der Waals surface area contributed by atoms with Gasteiger partial charge in [0.2, 0.25) is 0 Å². The van der Waals surface area contributed by atoms with Gasteiger partial charge in [-0.2, -0.15) is 0 Å². The Labute approximate surface area is 155 Å². The molecule has 0 atom stereocenters. The van der Waals surface area contributed by atoms with Gasteiger partial charge in [0.05, 0.1) is 0 Å². The number of carbonyl (C=O) groups is 2. The highest BCUT2D eigenvalue weighted by atomic mass is 35.5. The topological polar surface area (TPSA) is 34.1 Å². The monoisotopic (exact) mass is 356 g/mol. The van der Waals surface area contributed by atoms with E-state index in [9.17, 15) is 9.59 Å². The molecule has 0 aliphatic heterocycles. The summed E-state index contributed by atoms with van der Waals surface area (Å²) in [6.07, 6.45) is 7.60. The first-order chi connectivity index (χ1) is 12.1. The van der Waals surface area contributed by atoms with Gasteiger partial charge in [-0.15, -0.1) is 0 Å². The second-order valence-corrected chi connectivity index (χ2v) is 6.79. The molecule has 2 rings (SSSR count). The molecule has 2 aromatic rings. The van der Waals surface area contributed by atoms with Gasteiger partial charge in [-0.1, -0.05) is 74.9 Å². The minimum absolute atomic E-state index is 0.0633. The number of hydrogen-bond acceptors (Lipinski definition) is 2.